The molecule has 1 fully saturated rings. The Bertz CT molecular complexity index is 276. The molecule has 14 heavy (non-hydrogen) atoms. The zero-order chi connectivity index (χ0) is 9.80. The monoisotopic (exact) mass is 192 g/mol. The van der Waals surface area contributed by atoms with Crippen LogP contribution in [0.15, 0.2) is 24.4 Å². The topological polar surface area (TPSA) is 34.1 Å². The Morgan fingerprint density at radius 2 is 2.36 bits per heavy atom. The van der Waals surface area contributed by atoms with Gasteiger partial charge >= 0.3 is 0 Å². The number of ether oxygens (including phenoxy) is 1. The molecule has 3 heteroatoms. The van der Waals surface area contributed by atoms with Crippen LogP contribution in [0.5, 0.6) is 0 Å². The molecule has 2 unspecified atom stereocenters. The van der Waals surface area contributed by atoms with Gasteiger partial charge in [0.15, 0.2) is 0 Å². The molecule has 0 aromatic carbocycles. The minimum Gasteiger partial charge on any atom is -0.381 e. The van der Waals surface area contributed by atoms with E-state index >= 15 is 0 Å². The van der Waals surface area contributed by atoms with Crippen LogP contribution in [0, 0.1) is 0 Å². The molecular formula is C11H16N2O. The quantitative estimate of drug-likeness (QED) is 0.796. The summed E-state index contributed by atoms with van der Waals surface area (Å²) in [6, 6.07) is 6.45. The van der Waals surface area contributed by atoms with Gasteiger partial charge in [-0.25, -0.2) is 4.98 Å². The molecule has 3 nitrogen and oxygen atoms in total. The molecule has 1 aromatic rings. The summed E-state index contributed by atoms with van der Waals surface area (Å²) in [6.45, 7) is 0. The largest absolute Gasteiger partial charge is 0.381 e. The van der Waals surface area contributed by atoms with E-state index < -0.39 is 0 Å². The molecule has 1 N–H and O–H groups in total. The molecule has 1 aliphatic carbocycles. The molecule has 0 bridgehead atoms. The predicted octanol–water partition coefficient (Wildman–Crippen LogP) is 2.06. The molecule has 76 valence electrons. The smallest absolute Gasteiger partial charge is 0.126 e. The number of rotatable bonds is 3. The number of hydrogen-bond donors (Lipinski definition) is 1. The lowest BCUT2D eigenvalue weighted by molar-refractivity contribution is 0.108. The van der Waals surface area contributed by atoms with Crippen molar-refractivity contribution in [2.24, 2.45) is 0 Å². The highest BCUT2D eigenvalue weighted by Crippen LogP contribution is 2.23. The lowest BCUT2D eigenvalue weighted by Crippen LogP contribution is -2.17. The maximum Gasteiger partial charge on any atom is 0.126 e. The van der Waals surface area contributed by atoms with E-state index in [4.69, 9.17) is 4.74 Å². The van der Waals surface area contributed by atoms with E-state index in [1.54, 1.807) is 7.11 Å². The van der Waals surface area contributed by atoms with E-state index in [2.05, 4.69) is 10.3 Å². The van der Waals surface area contributed by atoms with Crippen molar-refractivity contribution in [1.82, 2.24) is 4.98 Å². The van der Waals surface area contributed by atoms with Crippen LogP contribution in [0.1, 0.15) is 19.3 Å². The van der Waals surface area contributed by atoms with Gasteiger partial charge in [0.05, 0.1) is 6.10 Å². The molecule has 0 radical (unpaired) electrons. The van der Waals surface area contributed by atoms with Crippen LogP contribution in [0.25, 0.3) is 0 Å². The summed E-state index contributed by atoms with van der Waals surface area (Å²) in [5.41, 5.74) is 0. The highest BCUT2D eigenvalue weighted by Gasteiger charge is 2.24. The van der Waals surface area contributed by atoms with Crippen LogP contribution in [0.3, 0.4) is 0 Å². The Morgan fingerprint density at radius 1 is 1.43 bits per heavy atom. The van der Waals surface area contributed by atoms with E-state index in [0.29, 0.717) is 12.1 Å². The van der Waals surface area contributed by atoms with Crippen LogP contribution in [-0.4, -0.2) is 24.2 Å². The summed E-state index contributed by atoms with van der Waals surface area (Å²) in [7, 11) is 1.79. The second-order valence-electron chi connectivity index (χ2n) is 3.73. The van der Waals surface area contributed by atoms with Gasteiger partial charge in [0.1, 0.15) is 5.82 Å². The third-order valence-electron chi connectivity index (χ3n) is 2.73. The van der Waals surface area contributed by atoms with Crippen molar-refractivity contribution in [2.75, 3.05) is 12.4 Å². The van der Waals surface area contributed by atoms with Gasteiger partial charge in [-0.15, -0.1) is 0 Å². The molecule has 0 spiro atoms. The molecule has 2 rings (SSSR count). The van der Waals surface area contributed by atoms with Crippen molar-refractivity contribution in [3.8, 4) is 0 Å². The Balaban J connectivity index is 1.88. The molecule has 1 aliphatic rings. The number of hydrogen-bond acceptors (Lipinski definition) is 3. The first-order valence-electron chi connectivity index (χ1n) is 5.09. The standard InChI is InChI=1S/C11H16N2O/c1-14-10-6-5-9(8-10)13-11-4-2-3-7-12-11/h2-4,7,9-10H,5-6,8H2,1H3,(H,12,13). The van der Waals surface area contributed by atoms with E-state index in [0.717, 1.165) is 18.7 Å². The number of anilines is 1. The summed E-state index contributed by atoms with van der Waals surface area (Å²) in [5.74, 6) is 0.967. The normalized spacial score (nSPS) is 26.4. The number of pyridine rings is 1. The first-order chi connectivity index (χ1) is 6.88. The van der Waals surface area contributed by atoms with Crippen molar-refractivity contribution >= 4 is 5.82 Å². The third-order valence-corrected chi connectivity index (χ3v) is 2.73. The molecule has 2 atom stereocenters. The summed E-state index contributed by atoms with van der Waals surface area (Å²) in [5, 5.41) is 3.41. The van der Waals surface area contributed by atoms with E-state index in [-0.39, 0.29) is 0 Å². The number of nitrogens with zero attached hydrogens (tertiary/aromatic N) is 1. The van der Waals surface area contributed by atoms with Crippen molar-refractivity contribution in [3.63, 3.8) is 0 Å². The van der Waals surface area contributed by atoms with Gasteiger partial charge in [0.25, 0.3) is 0 Å². The molecule has 1 saturated carbocycles. The number of nitrogens with one attached hydrogen (secondary N) is 1. The SMILES string of the molecule is COC1CCC(Nc2ccccn2)C1. The van der Waals surface area contributed by atoms with E-state index in [1.807, 2.05) is 24.4 Å². The second-order valence-corrected chi connectivity index (χ2v) is 3.73. The summed E-state index contributed by atoms with van der Waals surface area (Å²) in [4.78, 5) is 4.24. The minimum absolute atomic E-state index is 0.427. The fourth-order valence-electron chi connectivity index (χ4n) is 1.94. The fraction of sp³-hybridized carbons (Fsp3) is 0.545. The Hall–Kier alpha value is -1.09. The van der Waals surface area contributed by atoms with Gasteiger partial charge in [-0.05, 0) is 31.4 Å². The molecular weight excluding hydrogens is 176 g/mol. The van der Waals surface area contributed by atoms with Crippen molar-refractivity contribution in [1.29, 1.82) is 0 Å². The lowest BCUT2D eigenvalue weighted by Gasteiger charge is -2.12. The van der Waals surface area contributed by atoms with Crippen LogP contribution >= 0.6 is 0 Å². The fourth-order valence-corrected chi connectivity index (χ4v) is 1.94. The zero-order valence-corrected chi connectivity index (χ0v) is 8.44. The first-order valence-corrected chi connectivity index (χ1v) is 5.09. The maximum atomic E-state index is 5.32. The van der Waals surface area contributed by atoms with Gasteiger partial charge < -0.3 is 10.1 Å². The summed E-state index contributed by atoms with van der Waals surface area (Å²) < 4.78 is 5.32. The maximum absolute atomic E-state index is 5.32. The summed E-state index contributed by atoms with van der Waals surface area (Å²) >= 11 is 0. The second kappa shape index (κ2) is 4.42. The Morgan fingerprint density at radius 3 is 3.00 bits per heavy atom. The highest BCUT2D eigenvalue weighted by molar-refractivity contribution is 5.34. The van der Waals surface area contributed by atoms with Crippen molar-refractivity contribution in [2.45, 2.75) is 31.4 Å². The Labute approximate surface area is 84.5 Å². The van der Waals surface area contributed by atoms with Gasteiger partial charge in [-0.1, -0.05) is 6.07 Å². The van der Waals surface area contributed by atoms with Crippen molar-refractivity contribution in [3.05, 3.63) is 24.4 Å². The molecule has 0 amide bonds. The number of methoxy groups -OCH3 is 1. The van der Waals surface area contributed by atoms with Crippen LogP contribution < -0.4 is 5.32 Å². The van der Waals surface area contributed by atoms with E-state index in [9.17, 15) is 0 Å². The molecule has 0 aliphatic heterocycles. The van der Waals surface area contributed by atoms with Gasteiger partial charge in [-0.2, -0.15) is 0 Å². The average molecular weight is 192 g/mol. The molecule has 1 heterocycles. The lowest BCUT2D eigenvalue weighted by atomic mass is 10.2. The molecule has 0 saturated heterocycles. The third kappa shape index (κ3) is 2.23. The zero-order valence-electron chi connectivity index (χ0n) is 8.44. The summed E-state index contributed by atoms with van der Waals surface area (Å²) in [6.07, 6.45) is 5.66. The predicted molar refractivity (Wildman–Crippen MR) is 56.3 cm³/mol. The van der Waals surface area contributed by atoms with Gasteiger partial charge in [-0.3, -0.25) is 0 Å². The Kier molecular flexibility index (Phi) is 2.99. The van der Waals surface area contributed by atoms with Crippen LogP contribution in [0.2, 0.25) is 0 Å². The number of aromatic nitrogens is 1. The highest BCUT2D eigenvalue weighted by atomic mass is 16.5. The van der Waals surface area contributed by atoms with Crippen LogP contribution in [-0.2, 0) is 4.74 Å². The first kappa shape index (κ1) is 9.46. The molecule has 1 aromatic heterocycles. The van der Waals surface area contributed by atoms with Crippen molar-refractivity contribution < 1.29 is 4.74 Å². The van der Waals surface area contributed by atoms with Gasteiger partial charge in [0, 0.05) is 19.3 Å². The van der Waals surface area contributed by atoms with Gasteiger partial charge in [0.2, 0.25) is 0 Å². The van der Waals surface area contributed by atoms with E-state index in [1.165, 1.54) is 6.42 Å². The average Bonchev–Trinajstić information content (AvgIpc) is 2.67. The minimum atomic E-state index is 0.427. The van der Waals surface area contributed by atoms with Crippen LogP contribution in [0.4, 0.5) is 5.82 Å².